The number of nitrogens with one attached hydrogen (secondary N) is 3. The molecule has 0 saturated heterocycles. The van der Waals surface area contributed by atoms with Crippen molar-refractivity contribution in [3.8, 4) is 5.75 Å². The van der Waals surface area contributed by atoms with E-state index >= 15 is 0 Å². The highest BCUT2D eigenvalue weighted by molar-refractivity contribution is 7.92. The molecule has 2 aromatic heterocycles. The molecule has 0 aliphatic carbocycles. The number of benzene rings is 2. The van der Waals surface area contributed by atoms with Crippen LogP contribution in [0.1, 0.15) is 13.8 Å². The second kappa shape index (κ2) is 9.63. The standard InChI is InChI=1S/C24H29BN5O4PS/c1-14(2)36(32,33)20-9-7-6-8-18(20)27-23-21-16(25)13-26-22(21)29-24(30-23)28-17-11-10-15(35(4,5)31)12-19(17)34-3/h6-14H,25H2,1-5H3,(H3,26,27,28,29,30). The Morgan fingerprint density at radius 1 is 1.06 bits per heavy atom. The highest BCUT2D eigenvalue weighted by Crippen LogP contribution is 2.38. The lowest BCUT2D eigenvalue weighted by molar-refractivity contribution is 0.417. The van der Waals surface area contributed by atoms with Gasteiger partial charge in [0, 0.05) is 5.30 Å². The van der Waals surface area contributed by atoms with E-state index in [-0.39, 0.29) is 10.8 Å². The van der Waals surface area contributed by atoms with Gasteiger partial charge in [-0.05, 0) is 63.7 Å². The average molecular weight is 525 g/mol. The monoisotopic (exact) mass is 525 g/mol. The van der Waals surface area contributed by atoms with Crippen LogP contribution in [-0.4, -0.2) is 56.9 Å². The van der Waals surface area contributed by atoms with Gasteiger partial charge in [0.25, 0.3) is 0 Å². The molecule has 2 heterocycles. The first kappa shape index (κ1) is 25.8. The van der Waals surface area contributed by atoms with Crippen LogP contribution in [0.25, 0.3) is 11.0 Å². The van der Waals surface area contributed by atoms with E-state index in [9.17, 15) is 13.0 Å². The highest BCUT2D eigenvalue weighted by atomic mass is 32.2. The predicted molar refractivity (Wildman–Crippen MR) is 149 cm³/mol. The molecular weight excluding hydrogens is 496 g/mol. The van der Waals surface area contributed by atoms with Gasteiger partial charge >= 0.3 is 0 Å². The maximum Gasteiger partial charge on any atom is 0.231 e. The largest absolute Gasteiger partial charge is 0.495 e. The zero-order chi connectivity index (χ0) is 26.3. The molecule has 0 aliphatic rings. The van der Waals surface area contributed by atoms with Crippen LogP contribution in [0.15, 0.2) is 53.6 Å². The van der Waals surface area contributed by atoms with Crippen LogP contribution in [-0.2, 0) is 14.4 Å². The number of methoxy groups -OCH3 is 1. The molecule has 9 nitrogen and oxygen atoms in total. The van der Waals surface area contributed by atoms with Crippen molar-refractivity contribution in [1.82, 2.24) is 15.0 Å². The van der Waals surface area contributed by atoms with E-state index in [1.54, 1.807) is 69.6 Å². The van der Waals surface area contributed by atoms with Crippen LogP contribution < -0.4 is 26.1 Å². The van der Waals surface area contributed by atoms with E-state index in [4.69, 9.17) is 4.74 Å². The van der Waals surface area contributed by atoms with E-state index in [2.05, 4.69) is 25.6 Å². The van der Waals surface area contributed by atoms with Crippen LogP contribution in [0.3, 0.4) is 0 Å². The van der Waals surface area contributed by atoms with Crippen LogP contribution in [0, 0.1) is 0 Å². The summed E-state index contributed by atoms with van der Waals surface area (Å²) < 4.78 is 44.0. The third-order valence-electron chi connectivity index (χ3n) is 5.85. The third-order valence-corrected chi connectivity index (χ3v) is 9.58. The molecule has 0 bridgehead atoms. The molecule has 2 aromatic carbocycles. The second-order valence-corrected chi connectivity index (χ2v) is 14.9. The fourth-order valence-electron chi connectivity index (χ4n) is 3.77. The fraction of sp³-hybridized carbons (Fsp3) is 0.250. The number of anilines is 4. The smallest absolute Gasteiger partial charge is 0.231 e. The Bertz CT molecular complexity index is 1600. The van der Waals surface area contributed by atoms with E-state index in [1.807, 2.05) is 14.0 Å². The molecule has 0 atom stereocenters. The summed E-state index contributed by atoms with van der Waals surface area (Å²) in [7, 11) is -2.53. The van der Waals surface area contributed by atoms with Gasteiger partial charge in [0.15, 0.2) is 9.84 Å². The Hall–Kier alpha value is -3.30. The molecule has 0 fully saturated rings. The van der Waals surface area contributed by atoms with Crippen molar-refractivity contribution in [2.45, 2.75) is 24.0 Å². The maximum absolute atomic E-state index is 13.0. The predicted octanol–water partition coefficient (Wildman–Crippen LogP) is 3.14. The van der Waals surface area contributed by atoms with Crippen molar-refractivity contribution in [3.05, 3.63) is 48.7 Å². The van der Waals surface area contributed by atoms with E-state index < -0.39 is 22.2 Å². The number of H-pyrrole nitrogens is 1. The van der Waals surface area contributed by atoms with Crippen LogP contribution in [0.5, 0.6) is 5.75 Å². The molecule has 36 heavy (non-hydrogen) atoms. The maximum atomic E-state index is 13.0. The van der Waals surface area contributed by atoms with Crippen molar-refractivity contribution in [3.63, 3.8) is 0 Å². The average Bonchev–Trinajstić information content (AvgIpc) is 3.19. The van der Waals surface area contributed by atoms with Crippen molar-refractivity contribution in [2.24, 2.45) is 0 Å². The molecule has 12 heteroatoms. The zero-order valence-electron chi connectivity index (χ0n) is 21.1. The Kier molecular flexibility index (Phi) is 6.90. The number of ether oxygens (including phenoxy) is 1. The Labute approximate surface area is 211 Å². The van der Waals surface area contributed by atoms with Gasteiger partial charge in [0.2, 0.25) is 5.95 Å². The summed E-state index contributed by atoms with van der Waals surface area (Å²) in [4.78, 5) is 12.6. The molecule has 0 aliphatic heterocycles. The minimum atomic E-state index is -3.53. The first-order valence-electron chi connectivity index (χ1n) is 11.4. The van der Waals surface area contributed by atoms with Gasteiger partial charge in [-0.15, -0.1) is 0 Å². The Morgan fingerprint density at radius 2 is 1.78 bits per heavy atom. The number of nitrogens with zero attached hydrogens (tertiary/aromatic N) is 2. The van der Waals surface area contributed by atoms with Gasteiger partial charge in [-0.3, -0.25) is 0 Å². The molecule has 188 valence electrons. The Morgan fingerprint density at radius 3 is 2.44 bits per heavy atom. The van der Waals surface area contributed by atoms with Gasteiger partial charge in [0.05, 0.1) is 34.0 Å². The lowest BCUT2D eigenvalue weighted by atomic mass is 9.97. The summed E-state index contributed by atoms with van der Waals surface area (Å²) >= 11 is 0. The summed E-state index contributed by atoms with van der Waals surface area (Å²) in [5.74, 6) is 1.24. The van der Waals surface area contributed by atoms with Crippen LogP contribution in [0.4, 0.5) is 23.1 Å². The topological polar surface area (TPSA) is 126 Å². The van der Waals surface area contributed by atoms with Crippen LogP contribution >= 0.6 is 7.14 Å². The molecule has 0 unspecified atom stereocenters. The summed E-state index contributed by atoms with van der Waals surface area (Å²) in [6.45, 7) is 6.72. The van der Waals surface area contributed by atoms with Crippen molar-refractivity contribution in [1.29, 1.82) is 0 Å². The minimum absolute atomic E-state index is 0.204. The Balaban J connectivity index is 1.79. The van der Waals surface area contributed by atoms with E-state index in [0.717, 1.165) is 10.8 Å². The third kappa shape index (κ3) is 4.99. The number of para-hydroxylation sites is 1. The lowest BCUT2D eigenvalue weighted by Crippen LogP contribution is -2.16. The molecule has 0 spiro atoms. The number of aromatic amines is 1. The number of fused-ring (bicyclic) bond motifs is 1. The van der Waals surface area contributed by atoms with Crippen molar-refractivity contribution in [2.75, 3.05) is 31.1 Å². The van der Waals surface area contributed by atoms with E-state index in [1.165, 1.54) is 7.11 Å². The first-order chi connectivity index (χ1) is 16.9. The number of hydrogen-bond donors (Lipinski definition) is 3. The lowest BCUT2D eigenvalue weighted by Gasteiger charge is -2.16. The highest BCUT2D eigenvalue weighted by Gasteiger charge is 2.24. The van der Waals surface area contributed by atoms with Crippen molar-refractivity contribution < 1.29 is 17.7 Å². The van der Waals surface area contributed by atoms with Gasteiger partial charge in [-0.25, -0.2) is 8.42 Å². The molecule has 4 aromatic rings. The number of sulfone groups is 1. The van der Waals surface area contributed by atoms with Gasteiger partial charge in [-0.1, -0.05) is 17.6 Å². The summed E-state index contributed by atoms with van der Waals surface area (Å²) in [6, 6.07) is 12.1. The summed E-state index contributed by atoms with van der Waals surface area (Å²) in [5.41, 5.74) is 2.53. The van der Waals surface area contributed by atoms with Crippen molar-refractivity contribution >= 4 is 69.8 Å². The number of aromatic nitrogens is 3. The zero-order valence-corrected chi connectivity index (χ0v) is 22.8. The summed E-state index contributed by atoms with van der Waals surface area (Å²) in [5, 5.41) is 7.28. The number of rotatable bonds is 8. The first-order valence-corrected chi connectivity index (χ1v) is 15.5. The molecule has 0 radical (unpaired) electrons. The van der Waals surface area contributed by atoms with Gasteiger partial charge < -0.3 is 24.9 Å². The summed E-state index contributed by atoms with van der Waals surface area (Å²) in [6.07, 6.45) is 1.82. The molecule has 0 amide bonds. The molecular formula is C24H29BN5O4PS. The SMILES string of the molecule is Bc1c[nH]c2nc(Nc3ccc(P(C)(C)=O)cc3OC)nc(Nc3ccccc3S(=O)(=O)C(C)C)c12. The normalized spacial score (nSPS) is 12.2. The fourth-order valence-corrected chi connectivity index (χ4v) is 5.84. The van der Waals surface area contributed by atoms with Gasteiger partial charge in [-0.2, -0.15) is 9.97 Å². The quantitative estimate of drug-likeness (QED) is 0.237. The van der Waals surface area contributed by atoms with E-state index in [0.29, 0.717) is 33.9 Å². The number of hydrogen-bond acceptors (Lipinski definition) is 8. The van der Waals surface area contributed by atoms with Gasteiger partial charge in [0.1, 0.15) is 32.2 Å². The molecule has 0 saturated carbocycles. The second-order valence-electron chi connectivity index (χ2n) is 9.17. The molecule has 3 N–H and O–H groups in total. The molecule has 4 rings (SSSR count). The van der Waals surface area contributed by atoms with Crippen LogP contribution in [0.2, 0.25) is 0 Å². The minimum Gasteiger partial charge on any atom is -0.495 e.